The van der Waals surface area contributed by atoms with E-state index in [1.165, 1.54) is 48.5 Å². The van der Waals surface area contributed by atoms with Crippen LogP contribution in [0.25, 0.3) is 21.8 Å². The van der Waals surface area contributed by atoms with Crippen LogP contribution < -0.4 is 81.0 Å². The van der Waals surface area contributed by atoms with Gasteiger partial charge in [-0.3, -0.25) is 67.1 Å². The van der Waals surface area contributed by atoms with Crippen molar-refractivity contribution in [3.05, 3.63) is 168 Å². The molecule has 120 heavy (non-hydrogen) atoms. The molecule has 2 aromatic heterocycles. The predicted octanol–water partition coefficient (Wildman–Crippen LogP) is -1.80. The number of hydrogen-bond acceptors (Lipinski definition) is 22. The number of rotatable bonds is 49. The number of nitrogens with one attached hydrogen (secondary N) is 14. The summed E-state index contributed by atoms with van der Waals surface area (Å²) < 4.78 is 0. The zero-order chi connectivity index (χ0) is 87.7. The fraction of sp³-hybridized carbons (Fsp3) is 0.395. The third-order valence-corrected chi connectivity index (χ3v) is 20.0. The summed E-state index contributed by atoms with van der Waals surface area (Å²) in [6, 6.07) is 15.4. The van der Waals surface area contributed by atoms with E-state index < -0.39 is 205 Å². The number of phenols is 2. The predicted molar refractivity (Wildman–Crippen MR) is 445 cm³/mol. The Morgan fingerprint density at radius 2 is 0.800 bits per heavy atom. The van der Waals surface area contributed by atoms with Gasteiger partial charge in [-0.15, -0.1) is 0 Å². The molecule has 0 aliphatic rings. The Morgan fingerprint density at radius 1 is 0.417 bits per heavy atom. The van der Waals surface area contributed by atoms with E-state index in [4.69, 9.17) is 17.2 Å². The van der Waals surface area contributed by atoms with Crippen LogP contribution in [0.3, 0.4) is 0 Å². The molecular formula is C81H103N17O20S2. The molecule has 0 radical (unpaired) electrons. The number of fused-ring (bicyclic) bond motifs is 2. The Labute approximate surface area is 700 Å². The smallest absolute Gasteiger partial charge is 0.326 e. The first-order valence-corrected chi connectivity index (χ1v) is 39.8. The molecule has 25 N–H and O–H groups in total. The molecule has 0 spiro atoms. The van der Waals surface area contributed by atoms with Gasteiger partial charge in [0.2, 0.25) is 76.8 Å². The van der Waals surface area contributed by atoms with Gasteiger partial charge >= 0.3 is 11.9 Å². The minimum Gasteiger partial charge on any atom is -0.508 e. The lowest BCUT2D eigenvalue weighted by Crippen LogP contribution is -2.61. The number of thiol groups is 2. The number of carbonyl (C=O) groups excluding carboxylic acids is 13. The van der Waals surface area contributed by atoms with Crippen molar-refractivity contribution in [3.8, 4) is 11.5 Å². The summed E-state index contributed by atoms with van der Waals surface area (Å²) in [5.41, 5.74) is 21.6. The van der Waals surface area contributed by atoms with Crippen molar-refractivity contribution >= 4 is 136 Å². The molecule has 7 rings (SSSR count). The van der Waals surface area contributed by atoms with Crippen LogP contribution in [-0.2, 0) is 104 Å². The molecule has 0 saturated heterocycles. The molecule has 644 valence electrons. The average Bonchev–Trinajstić information content (AvgIpc) is 1.67. The van der Waals surface area contributed by atoms with Gasteiger partial charge in [0.25, 0.3) is 0 Å². The first-order chi connectivity index (χ1) is 57.3. The molecule has 13 amide bonds. The third-order valence-electron chi connectivity index (χ3n) is 19.2. The number of nitrogens with two attached hydrogens (primary N) is 3. The molecule has 39 heteroatoms. The second-order valence-corrected chi connectivity index (χ2v) is 29.7. The number of para-hydroxylation sites is 2. The second kappa shape index (κ2) is 47.1. The number of aliphatic hydroxyl groups excluding tert-OH is 1. The minimum atomic E-state index is -1.92. The number of carbonyl (C=O) groups is 15. The second-order valence-electron chi connectivity index (χ2n) is 29.0. The summed E-state index contributed by atoms with van der Waals surface area (Å²) >= 11 is 8.62. The molecule has 12 atom stereocenters. The molecule has 7 aromatic rings. The maximum absolute atomic E-state index is 14.7. The number of aromatic hydroxyl groups is 2. The summed E-state index contributed by atoms with van der Waals surface area (Å²) in [4.78, 5) is 213. The number of benzene rings is 5. The first-order valence-electron chi connectivity index (χ1n) is 38.6. The Bertz CT molecular complexity index is 4730. The van der Waals surface area contributed by atoms with Crippen molar-refractivity contribution in [2.75, 3.05) is 31.2 Å². The van der Waals surface area contributed by atoms with Gasteiger partial charge < -0.3 is 117 Å². The molecular weight excluding hydrogens is 1600 g/mol. The van der Waals surface area contributed by atoms with Crippen LogP contribution in [0.1, 0.15) is 86.6 Å². The summed E-state index contributed by atoms with van der Waals surface area (Å²) in [5.74, 6) is -17.4. The number of hydrogen-bond donors (Lipinski definition) is 24. The largest absolute Gasteiger partial charge is 0.508 e. The fourth-order valence-corrected chi connectivity index (χ4v) is 13.3. The van der Waals surface area contributed by atoms with Crippen LogP contribution in [0.5, 0.6) is 11.5 Å². The number of amides is 13. The number of phenolic OH excluding ortho intramolecular Hbond substituents is 2. The highest BCUT2D eigenvalue weighted by atomic mass is 32.1. The maximum Gasteiger partial charge on any atom is 0.326 e. The Hall–Kier alpha value is -12.6. The molecule has 2 heterocycles. The molecule has 0 unspecified atom stereocenters. The van der Waals surface area contributed by atoms with E-state index in [1.807, 2.05) is 0 Å². The average molecular weight is 1700 g/mol. The number of aromatic nitrogens is 2. The molecule has 0 fully saturated rings. The van der Waals surface area contributed by atoms with E-state index in [0.717, 1.165) is 5.56 Å². The van der Waals surface area contributed by atoms with E-state index in [-0.39, 0.29) is 75.3 Å². The molecule has 37 nitrogen and oxygen atoms in total. The number of primary amides is 1. The molecule has 0 aliphatic carbocycles. The first kappa shape index (κ1) is 94.6. The van der Waals surface area contributed by atoms with Crippen LogP contribution in [-0.4, -0.2) is 228 Å². The number of carboxylic acids is 2. The lowest BCUT2D eigenvalue weighted by Gasteiger charge is -2.27. The third kappa shape index (κ3) is 29.8. The highest BCUT2D eigenvalue weighted by molar-refractivity contribution is 7.80. The lowest BCUT2D eigenvalue weighted by molar-refractivity contribution is -0.147. The van der Waals surface area contributed by atoms with E-state index in [9.17, 15) is 97.5 Å². The van der Waals surface area contributed by atoms with Gasteiger partial charge in [-0.25, -0.2) is 4.79 Å². The van der Waals surface area contributed by atoms with Crippen LogP contribution in [0.4, 0.5) is 0 Å². The quantitative estimate of drug-likeness (QED) is 0.0148. The summed E-state index contributed by atoms with van der Waals surface area (Å²) in [6.45, 7) is 1.62. The summed E-state index contributed by atoms with van der Waals surface area (Å²) in [7, 11) is 0. The number of carboxylic acid groups (broad SMARTS) is 2. The van der Waals surface area contributed by atoms with Crippen LogP contribution in [0.2, 0.25) is 0 Å². The van der Waals surface area contributed by atoms with Crippen LogP contribution >= 0.6 is 25.3 Å². The standard InChI is InChI=1S/C81H103N17O20S2/c1-43(2)30-58(74(110)97-65(41-119)79(115)89-56(18-10-11-29-82)72(108)92-60(33-46-21-25-50(101)26-22-46)76(112)95-63(81(117)118)36-69(104)105)88-68(103)39-87-71(107)61(34-47-37-85-54-16-8-6-14-51(47)54)93-73(109)57(27-28-67(84)102)90-78(114)64(40-99)96-80(116)66(42-120)98-77(113)62(35-48-38-86-55-17-9-7-15-52(48)55)94-75(111)59(32-45-19-23-49(100)24-20-45)91-70(106)53(83)31-44-12-4-3-5-13-44/h3-9,12-17,19-26,37-38,43,53,56-66,85-86,99-101,119-120H,10-11,18,27-36,39-42,82-83H2,1-2H3,(H2,84,102)(H,87,107)(H,88,103)(H,89,115)(H,90,114)(H,91,106)(H,92,108)(H,93,109)(H,94,111)(H,95,112)(H,96,116)(H,97,110)(H,98,113)(H,104,105)(H,117,118)/t53-,56-,57-,58-,59-,60-,61-,62-,63-,64-,65-,66-/m0/s1. The fourth-order valence-electron chi connectivity index (χ4n) is 12.8. The van der Waals surface area contributed by atoms with Gasteiger partial charge in [-0.2, -0.15) is 25.3 Å². The van der Waals surface area contributed by atoms with Gasteiger partial charge in [0.15, 0.2) is 0 Å². The van der Waals surface area contributed by atoms with E-state index >= 15 is 0 Å². The molecule has 0 aliphatic heterocycles. The Morgan fingerprint density at radius 3 is 1.25 bits per heavy atom. The molecule has 5 aromatic carbocycles. The van der Waals surface area contributed by atoms with Crippen molar-refractivity contribution in [2.45, 2.75) is 163 Å². The van der Waals surface area contributed by atoms with Crippen LogP contribution in [0.15, 0.2) is 140 Å². The highest BCUT2D eigenvalue weighted by Crippen LogP contribution is 2.23. The molecule has 0 bridgehead atoms. The molecule has 0 saturated carbocycles. The normalized spacial score (nSPS) is 14.2. The van der Waals surface area contributed by atoms with Gasteiger partial charge in [0.1, 0.15) is 78.0 Å². The van der Waals surface area contributed by atoms with Gasteiger partial charge in [0.05, 0.1) is 25.6 Å². The maximum atomic E-state index is 14.7. The number of aliphatic carboxylic acids is 2. The topological polar surface area (TPSA) is 611 Å². The number of aliphatic hydroxyl groups is 1. The Kier molecular flexibility index (Phi) is 37.1. The Balaban J connectivity index is 1.04. The van der Waals surface area contributed by atoms with Crippen LogP contribution in [0, 0.1) is 5.92 Å². The van der Waals surface area contributed by atoms with E-state index in [2.05, 4.69) is 99.0 Å². The van der Waals surface area contributed by atoms with E-state index in [1.54, 1.807) is 105 Å². The van der Waals surface area contributed by atoms with E-state index in [0.29, 0.717) is 50.5 Å². The summed E-state index contributed by atoms with van der Waals surface area (Å²) in [5, 5.41) is 81.0. The zero-order valence-corrected chi connectivity index (χ0v) is 67.6. The number of unbranched alkanes of at least 4 members (excludes halogenated alkanes) is 1. The van der Waals surface area contributed by atoms with Gasteiger partial charge in [0, 0.05) is 77.8 Å². The lowest BCUT2D eigenvalue weighted by atomic mass is 10.0. The van der Waals surface area contributed by atoms with Gasteiger partial charge in [-0.1, -0.05) is 105 Å². The van der Waals surface area contributed by atoms with Crippen molar-refractivity contribution in [2.24, 2.45) is 23.1 Å². The minimum absolute atomic E-state index is 0.0570. The number of H-pyrrole nitrogens is 2. The van der Waals surface area contributed by atoms with Crippen molar-refractivity contribution in [1.29, 1.82) is 0 Å². The summed E-state index contributed by atoms with van der Waals surface area (Å²) in [6.07, 6.45) is 0.696. The SMILES string of the molecule is CC(C)C[C@H](NC(=O)CNC(=O)[C@H](Cc1c[nH]c2ccccc12)NC(=O)[C@H](CCC(N)=O)NC(=O)[C@H](CO)NC(=O)[C@H](CS)NC(=O)[C@H](Cc1c[nH]c2ccccc12)NC(=O)[C@H](Cc1ccc(O)cc1)NC(=O)[C@@H](N)Cc1ccccc1)C(=O)N[C@@H](CS)C(=O)N[C@@H](CCCCN)C(=O)N[C@@H](Cc1ccc(O)cc1)C(=O)N[C@@H](CC(=O)O)C(=O)O. The van der Waals surface area contributed by atoms with Crippen molar-refractivity contribution in [3.63, 3.8) is 0 Å². The number of aromatic amines is 2. The zero-order valence-electron chi connectivity index (χ0n) is 65.8. The highest BCUT2D eigenvalue weighted by Gasteiger charge is 2.38. The van der Waals surface area contributed by atoms with Gasteiger partial charge in [-0.05, 0) is 115 Å². The van der Waals surface area contributed by atoms with Crippen molar-refractivity contribution in [1.82, 2.24) is 73.8 Å². The monoisotopic (exact) mass is 1700 g/mol. The van der Waals surface area contributed by atoms with Crippen molar-refractivity contribution < 1.29 is 97.5 Å².